The molecule has 2 unspecified atom stereocenters. The minimum Gasteiger partial charge on any atom is -0.373 e. The van der Waals surface area contributed by atoms with Gasteiger partial charge in [-0.25, -0.2) is 4.39 Å². The number of hydrogen-bond donors (Lipinski definition) is 2. The van der Waals surface area contributed by atoms with Crippen molar-refractivity contribution < 1.29 is 14.6 Å². The quantitative estimate of drug-likeness (QED) is 0.427. The van der Waals surface area contributed by atoms with Crippen molar-refractivity contribution in [3.05, 3.63) is 0 Å². The van der Waals surface area contributed by atoms with Crippen LogP contribution in [0.1, 0.15) is 0 Å². The zero-order chi connectivity index (χ0) is 5.86. The molecule has 0 saturated carbocycles. The summed E-state index contributed by atoms with van der Waals surface area (Å²) in [5, 5.41) is 23.2. The maximum absolute atomic E-state index is 11.2. The molecule has 0 amide bonds. The van der Waals surface area contributed by atoms with Gasteiger partial charge in [-0.1, -0.05) is 0 Å². The predicted molar refractivity (Wildman–Crippen MR) is 18.7 cm³/mol. The molecule has 0 spiro atoms. The highest BCUT2D eigenvalue weighted by molar-refractivity contribution is 4.83. The van der Waals surface area contributed by atoms with Crippen molar-refractivity contribution in [3.8, 4) is 6.07 Å². The number of nitrogens with zero attached hydrogens (tertiary/aromatic N) is 1. The number of nitriles is 1. The Labute approximate surface area is 39.6 Å². The highest BCUT2D eigenvalue weighted by atomic mass is 19.1. The van der Waals surface area contributed by atoms with Gasteiger partial charge in [0.25, 0.3) is 0 Å². The van der Waals surface area contributed by atoms with Crippen LogP contribution in [-0.4, -0.2) is 22.7 Å². The lowest BCUT2D eigenvalue weighted by molar-refractivity contribution is -0.0394. The fourth-order valence-corrected chi connectivity index (χ4v) is 0.0615. The largest absolute Gasteiger partial charge is 0.373 e. The molecule has 2 atom stereocenters. The van der Waals surface area contributed by atoms with Gasteiger partial charge in [0.2, 0.25) is 6.36 Å². The van der Waals surface area contributed by atoms with Crippen LogP contribution < -0.4 is 0 Å². The third kappa shape index (κ3) is 2.09. The van der Waals surface area contributed by atoms with Crippen LogP contribution in [0.3, 0.4) is 0 Å². The molecular formula is C3H4FNO2. The summed E-state index contributed by atoms with van der Waals surface area (Å²) in [6.45, 7) is 0. The van der Waals surface area contributed by atoms with Gasteiger partial charge in [0.1, 0.15) is 0 Å². The Morgan fingerprint density at radius 3 is 2.00 bits per heavy atom. The van der Waals surface area contributed by atoms with Gasteiger partial charge in [0, 0.05) is 0 Å². The van der Waals surface area contributed by atoms with Crippen LogP contribution >= 0.6 is 0 Å². The molecule has 40 valence electrons. The summed E-state index contributed by atoms with van der Waals surface area (Å²) >= 11 is 0. The predicted octanol–water partition coefficient (Wildman–Crippen LogP) is -0.841. The number of alkyl halides is 1. The molecule has 2 N–H and O–H groups in total. The molecule has 0 aromatic rings. The van der Waals surface area contributed by atoms with Crippen LogP contribution in [0.4, 0.5) is 4.39 Å². The smallest absolute Gasteiger partial charge is 0.236 e. The molecule has 0 fully saturated rings. The molecule has 7 heavy (non-hydrogen) atoms. The van der Waals surface area contributed by atoms with Crippen molar-refractivity contribution in [2.24, 2.45) is 0 Å². The van der Waals surface area contributed by atoms with E-state index in [1.165, 1.54) is 0 Å². The first-order chi connectivity index (χ1) is 3.18. The molecule has 3 nitrogen and oxygen atoms in total. The second-order valence-corrected chi connectivity index (χ2v) is 0.947. The highest BCUT2D eigenvalue weighted by Gasteiger charge is 2.11. The number of aliphatic hydroxyl groups excluding tert-OH is 2. The standard InChI is InChI=1S/C3H4FNO2/c4-3(7)2(6)1-5/h2-3,6-7H. The molecule has 0 aromatic carbocycles. The first-order valence-corrected chi connectivity index (χ1v) is 1.58. The number of hydrogen-bond acceptors (Lipinski definition) is 3. The summed E-state index contributed by atoms with van der Waals surface area (Å²) in [6.07, 6.45) is -4.34. The summed E-state index contributed by atoms with van der Waals surface area (Å²) in [5.74, 6) is 0. The third-order valence-electron chi connectivity index (χ3n) is 0.393. The van der Waals surface area contributed by atoms with E-state index in [2.05, 4.69) is 0 Å². The SMILES string of the molecule is N#CC(O)C(O)F. The minimum absolute atomic E-state index is 1.09. The second kappa shape index (κ2) is 2.50. The number of aliphatic hydroxyl groups is 2. The summed E-state index contributed by atoms with van der Waals surface area (Å²) in [7, 11) is 0. The first kappa shape index (κ1) is 6.34. The lowest BCUT2D eigenvalue weighted by Crippen LogP contribution is -2.17. The molecule has 0 saturated heterocycles. The van der Waals surface area contributed by atoms with E-state index >= 15 is 0 Å². The van der Waals surface area contributed by atoms with Crippen LogP contribution in [0.5, 0.6) is 0 Å². The Balaban J connectivity index is 3.40. The average Bonchev–Trinajstić information content (AvgIpc) is 1.65. The lowest BCUT2D eigenvalue weighted by Gasteiger charge is -1.96. The highest BCUT2D eigenvalue weighted by Crippen LogP contribution is 1.89. The Bertz CT molecular complexity index is 87.4. The van der Waals surface area contributed by atoms with Crippen LogP contribution in [0.15, 0.2) is 0 Å². The second-order valence-electron chi connectivity index (χ2n) is 0.947. The minimum atomic E-state index is -2.44. The molecule has 0 bridgehead atoms. The molecule has 0 aliphatic carbocycles. The van der Waals surface area contributed by atoms with Crippen molar-refractivity contribution in [2.75, 3.05) is 0 Å². The average molecular weight is 105 g/mol. The van der Waals surface area contributed by atoms with Crippen LogP contribution in [-0.2, 0) is 0 Å². The number of halogens is 1. The van der Waals surface area contributed by atoms with Crippen molar-refractivity contribution in [1.29, 1.82) is 5.26 Å². The van der Waals surface area contributed by atoms with Crippen molar-refractivity contribution in [3.63, 3.8) is 0 Å². The maximum Gasteiger partial charge on any atom is 0.236 e. The first-order valence-electron chi connectivity index (χ1n) is 1.58. The Morgan fingerprint density at radius 1 is 1.57 bits per heavy atom. The molecule has 0 aliphatic heterocycles. The number of rotatable bonds is 1. The lowest BCUT2D eigenvalue weighted by atomic mass is 10.4. The summed E-state index contributed by atoms with van der Waals surface area (Å²) in [4.78, 5) is 0. The zero-order valence-corrected chi connectivity index (χ0v) is 3.37. The van der Waals surface area contributed by atoms with Crippen molar-refractivity contribution >= 4 is 0 Å². The van der Waals surface area contributed by atoms with E-state index in [0.717, 1.165) is 6.07 Å². The monoisotopic (exact) mass is 105 g/mol. The van der Waals surface area contributed by atoms with Gasteiger partial charge in [-0.15, -0.1) is 0 Å². The Morgan fingerprint density at radius 2 is 2.00 bits per heavy atom. The van der Waals surface area contributed by atoms with E-state index < -0.39 is 12.5 Å². The van der Waals surface area contributed by atoms with Crippen LogP contribution in [0.2, 0.25) is 0 Å². The van der Waals surface area contributed by atoms with Gasteiger partial charge >= 0.3 is 0 Å². The van der Waals surface area contributed by atoms with Gasteiger partial charge in [-0.05, 0) is 0 Å². The normalized spacial score (nSPS) is 17.4. The van der Waals surface area contributed by atoms with Gasteiger partial charge in [0.05, 0.1) is 6.07 Å². The van der Waals surface area contributed by atoms with E-state index in [1.807, 2.05) is 0 Å². The summed E-state index contributed by atoms with van der Waals surface area (Å²) in [5.41, 5.74) is 0. The topological polar surface area (TPSA) is 64.2 Å². The van der Waals surface area contributed by atoms with E-state index in [0.29, 0.717) is 0 Å². The van der Waals surface area contributed by atoms with Crippen molar-refractivity contribution in [2.45, 2.75) is 12.5 Å². The molecule has 0 aromatic heterocycles. The van der Waals surface area contributed by atoms with Crippen molar-refractivity contribution in [1.82, 2.24) is 0 Å². The molecule has 0 heterocycles. The van der Waals surface area contributed by atoms with Gasteiger partial charge in [-0.3, -0.25) is 0 Å². The van der Waals surface area contributed by atoms with E-state index in [4.69, 9.17) is 15.5 Å². The van der Waals surface area contributed by atoms with E-state index in [9.17, 15) is 4.39 Å². The maximum atomic E-state index is 11.2. The molecule has 0 aliphatic rings. The van der Waals surface area contributed by atoms with E-state index in [1.54, 1.807) is 0 Å². The summed E-state index contributed by atoms with van der Waals surface area (Å²) in [6, 6.07) is 1.09. The molecule has 4 heteroatoms. The fraction of sp³-hybridized carbons (Fsp3) is 0.667. The van der Waals surface area contributed by atoms with Gasteiger partial charge < -0.3 is 10.2 Å². The Kier molecular flexibility index (Phi) is 2.27. The third-order valence-corrected chi connectivity index (χ3v) is 0.393. The van der Waals surface area contributed by atoms with Gasteiger partial charge in [0.15, 0.2) is 6.10 Å². The van der Waals surface area contributed by atoms with E-state index in [-0.39, 0.29) is 0 Å². The summed E-state index contributed by atoms with van der Waals surface area (Å²) < 4.78 is 11.2. The van der Waals surface area contributed by atoms with Gasteiger partial charge in [-0.2, -0.15) is 5.26 Å². The zero-order valence-electron chi connectivity index (χ0n) is 3.37. The fourth-order valence-electron chi connectivity index (χ4n) is 0.0615. The van der Waals surface area contributed by atoms with Crippen LogP contribution in [0, 0.1) is 11.3 Å². The molecule has 0 radical (unpaired) electrons. The molecule has 0 rings (SSSR count). The Hall–Kier alpha value is -0.660. The van der Waals surface area contributed by atoms with Crippen LogP contribution in [0.25, 0.3) is 0 Å². The molecular weight excluding hydrogens is 101 g/mol.